The molecule has 1 aliphatic carbocycles. The highest BCUT2D eigenvalue weighted by molar-refractivity contribution is 5.96. The van der Waals surface area contributed by atoms with Gasteiger partial charge in [0.05, 0.1) is 17.8 Å². The average Bonchev–Trinajstić information content (AvgIpc) is 3.25. The van der Waals surface area contributed by atoms with Crippen molar-refractivity contribution in [1.29, 1.82) is 0 Å². The van der Waals surface area contributed by atoms with Gasteiger partial charge in [0.2, 0.25) is 0 Å². The summed E-state index contributed by atoms with van der Waals surface area (Å²) in [6.45, 7) is 5.86. The number of likely N-dealkylation sites (tertiary alicyclic amines) is 1. The molecule has 1 amide bonds. The van der Waals surface area contributed by atoms with E-state index in [-0.39, 0.29) is 18.0 Å². The Bertz CT molecular complexity index is 565. The van der Waals surface area contributed by atoms with Crippen LogP contribution in [0, 0.1) is 6.92 Å². The van der Waals surface area contributed by atoms with Crippen molar-refractivity contribution in [1.82, 2.24) is 15.0 Å². The molecule has 3 rings (SSSR count). The van der Waals surface area contributed by atoms with Gasteiger partial charge < -0.3 is 14.5 Å². The topological polar surface area (TPSA) is 69.8 Å². The number of aliphatic hydroxyl groups is 1. The highest BCUT2D eigenvalue weighted by Crippen LogP contribution is 2.31. The Kier molecular flexibility index (Phi) is 4.73. The Balaban J connectivity index is 1.73. The minimum atomic E-state index is -0.479. The van der Waals surface area contributed by atoms with Crippen LogP contribution in [0.15, 0.2) is 4.52 Å². The summed E-state index contributed by atoms with van der Waals surface area (Å²) >= 11 is 0. The third kappa shape index (κ3) is 2.90. The first kappa shape index (κ1) is 16.5. The molecule has 2 fully saturated rings. The van der Waals surface area contributed by atoms with Crippen LogP contribution in [0.3, 0.4) is 0 Å². The van der Waals surface area contributed by atoms with Crippen LogP contribution in [0.1, 0.15) is 54.4 Å². The third-order valence-electron chi connectivity index (χ3n) is 5.46. The molecular weight excluding hydrogens is 294 g/mol. The second-order valence-corrected chi connectivity index (χ2v) is 6.78. The van der Waals surface area contributed by atoms with Crippen LogP contribution in [0.5, 0.6) is 0 Å². The van der Waals surface area contributed by atoms with Crippen LogP contribution in [-0.2, 0) is 6.42 Å². The van der Waals surface area contributed by atoms with Crippen LogP contribution >= 0.6 is 0 Å². The summed E-state index contributed by atoms with van der Waals surface area (Å²) in [5.41, 5.74) is 1.26. The van der Waals surface area contributed by atoms with Crippen LogP contribution in [0.25, 0.3) is 0 Å². The molecule has 0 unspecified atom stereocenters. The quantitative estimate of drug-likeness (QED) is 0.912. The Morgan fingerprint density at radius 2 is 2.09 bits per heavy atom. The van der Waals surface area contributed by atoms with Crippen molar-refractivity contribution in [2.75, 3.05) is 20.1 Å². The van der Waals surface area contributed by atoms with Gasteiger partial charge in [-0.3, -0.25) is 9.69 Å². The van der Waals surface area contributed by atoms with Gasteiger partial charge in [-0.2, -0.15) is 0 Å². The second kappa shape index (κ2) is 6.61. The number of amides is 1. The standard InChI is InChI=1S/C17H27N3O3/c1-4-12-15(11(2)23-18-12)17(22)19(3)13-7-8-14(16(13)21)20-9-5-6-10-20/h13-14,16,21H,4-10H2,1-3H3/t13-,14-,16-/m1/s1. The number of hydrogen-bond donors (Lipinski definition) is 1. The molecule has 2 aliphatic rings. The molecule has 1 saturated carbocycles. The first-order valence-corrected chi connectivity index (χ1v) is 8.69. The number of rotatable bonds is 4. The maximum atomic E-state index is 12.9. The van der Waals surface area contributed by atoms with Crippen molar-refractivity contribution in [2.45, 2.75) is 64.1 Å². The molecule has 1 aliphatic heterocycles. The fourth-order valence-corrected chi connectivity index (χ4v) is 4.09. The number of aromatic nitrogens is 1. The molecule has 2 heterocycles. The van der Waals surface area contributed by atoms with Crippen molar-refractivity contribution in [3.05, 3.63) is 17.0 Å². The fraction of sp³-hybridized carbons (Fsp3) is 0.765. The zero-order chi connectivity index (χ0) is 16.6. The van der Waals surface area contributed by atoms with Crippen molar-refractivity contribution in [2.24, 2.45) is 0 Å². The Labute approximate surface area is 137 Å². The fourth-order valence-electron chi connectivity index (χ4n) is 4.09. The molecule has 1 saturated heterocycles. The summed E-state index contributed by atoms with van der Waals surface area (Å²) in [4.78, 5) is 16.9. The maximum absolute atomic E-state index is 12.9. The van der Waals surface area contributed by atoms with E-state index in [1.54, 1.807) is 18.9 Å². The molecule has 6 nitrogen and oxygen atoms in total. The number of hydrogen-bond acceptors (Lipinski definition) is 5. The highest BCUT2D eigenvalue weighted by atomic mass is 16.5. The van der Waals surface area contributed by atoms with Gasteiger partial charge in [0.25, 0.3) is 5.91 Å². The summed E-state index contributed by atoms with van der Waals surface area (Å²) in [6, 6.07) is 0.0547. The summed E-state index contributed by atoms with van der Waals surface area (Å²) in [5.74, 6) is 0.467. The Morgan fingerprint density at radius 1 is 1.39 bits per heavy atom. The van der Waals surface area contributed by atoms with Crippen molar-refractivity contribution in [3.8, 4) is 0 Å². The summed E-state index contributed by atoms with van der Waals surface area (Å²) in [7, 11) is 1.79. The lowest BCUT2D eigenvalue weighted by Gasteiger charge is -2.32. The Morgan fingerprint density at radius 3 is 2.74 bits per heavy atom. The van der Waals surface area contributed by atoms with E-state index in [9.17, 15) is 9.90 Å². The van der Waals surface area contributed by atoms with Crippen LogP contribution < -0.4 is 0 Å². The Hall–Kier alpha value is -1.40. The van der Waals surface area contributed by atoms with Gasteiger partial charge >= 0.3 is 0 Å². The monoisotopic (exact) mass is 321 g/mol. The van der Waals surface area contributed by atoms with E-state index in [0.29, 0.717) is 23.4 Å². The van der Waals surface area contributed by atoms with Gasteiger partial charge in [-0.15, -0.1) is 0 Å². The molecule has 1 aromatic heterocycles. The lowest BCUT2D eigenvalue weighted by atomic mass is 10.1. The minimum absolute atomic E-state index is 0.0910. The van der Waals surface area contributed by atoms with Gasteiger partial charge in [-0.05, 0) is 52.1 Å². The lowest BCUT2D eigenvalue weighted by Crippen LogP contribution is -2.48. The van der Waals surface area contributed by atoms with Gasteiger partial charge in [0.15, 0.2) is 0 Å². The molecular formula is C17H27N3O3. The normalized spacial score (nSPS) is 28.4. The number of carbonyl (C=O) groups excluding carboxylic acids is 1. The second-order valence-electron chi connectivity index (χ2n) is 6.78. The molecule has 128 valence electrons. The average molecular weight is 321 g/mol. The van der Waals surface area contributed by atoms with E-state index in [4.69, 9.17) is 4.52 Å². The van der Waals surface area contributed by atoms with E-state index in [0.717, 1.165) is 25.9 Å². The largest absolute Gasteiger partial charge is 0.389 e. The van der Waals surface area contributed by atoms with E-state index in [1.165, 1.54) is 12.8 Å². The highest BCUT2D eigenvalue weighted by Gasteiger charge is 2.42. The predicted molar refractivity (Wildman–Crippen MR) is 86.3 cm³/mol. The van der Waals surface area contributed by atoms with Gasteiger partial charge in [0, 0.05) is 13.1 Å². The first-order chi connectivity index (χ1) is 11.0. The van der Waals surface area contributed by atoms with Gasteiger partial charge in [-0.1, -0.05) is 12.1 Å². The minimum Gasteiger partial charge on any atom is -0.389 e. The molecule has 1 N–H and O–H groups in total. The predicted octanol–water partition coefficient (Wildman–Crippen LogP) is 1.61. The van der Waals surface area contributed by atoms with Gasteiger partial charge in [0.1, 0.15) is 11.3 Å². The summed E-state index contributed by atoms with van der Waals surface area (Å²) in [6.07, 6.45) is 4.40. The van der Waals surface area contributed by atoms with E-state index < -0.39 is 6.10 Å². The molecule has 1 aromatic rings. The molecule has 0 bridgehead atoms. The first-order valence-electron chi connectivity index (χ1n) is 8.69. The number of nitrogens with zero attached hydrogens (tertiary/aromatic N) is 3. The summed E-state index contributed by atoms with van der Waals surface area (Å²) < 4.78 is 5.18. The van der Waals surface area contributed by atoms with E-state index >= 15 is 0 Å². The maximum Gasteiger partial charge on any atom is 0.259 e. The molecule has 0 aromatic carbocycles. The summed E-state index contributed by atoms with van der Waals surface area (Å²) in [5, 5.41) is 14.7. The van der Waals surface area contributed by atoms with Crippen molar-refractivity contribution >= 4 is 5.91 Å². The molecule has 3 atom stereocenters. The lowest BCUT2D eigenvalue weighted by molar-refractivity contribution is 0.0295. The zero-order valence-electron chi connectivity index (χ0n) is 14.3. The van der Waals surface area contributed by atoms with Crippen molar-refractivity contribution < 1.29 is 14.4 Å². The van der Waals surface area contributed by atoms with Crippen molar-refractivity contribution in [3.63, 3.8) is 0 Å². The molecule has 0 radical (unpaired) electrons. The number of likely N-dealkylation sites (N-methyl/N-ethyl adjacent to an activating group) is 1. The van der Waals surface area contributed by atoms with Gasteiger partial charge in [-0.25, -0.2) is 0 Å². The number of aryl methyl sites for hydroxylation is 2. The molecule has 23 heavy (non-hydrogen) atoms. The van der Waals surface area contributed by atoms with E-state index in [2.05, 4.69) is 10.1 Å². The van der Waals surface area contributed by atoms with E-state index in [1.807, 2.05) is 6.92 Å². The number of aliphatic hydroxyl groups excluding tert-OH is 1. The molecule has 6 heteroatoms. The number of carbonyl (C=O) groups is 1. The van der Waals surface area contributed by atoms with Crippen LogP contribution in [0.2, 0.25) is 0 Å². The molecule has 0 spiro atoms. The smallest absolute Gasteiger partial charge is 0.259 e. The third-order valence-corrected chi connectivity index (χ3v) is 5.46. The van der Waals surface area contributed by atoms with Crippen LogP contribution in [0.4, 0.5) is 0 Å². The SMILES string of the molecule is CCc1noc(C)c1C(=O)N(C)[C@@H]1CC[C@@H](N2CCCC2)[C@@H]1O. The van der Waals surface area contributed by atoms with Crippen LogP contribution in [-0.4, -0.2) is 64.3 Å². The zero-order valence-corrected chi connectivity index (χ0v) is 14.3.